The van der Waals surface area contributed by atoms with E-state index in [1.54, 1.807) is 0 Å². The first-order valence-corrected chi connectivity index (χ1v) is 20.3. The van der Waals surface area contributed by atoms with E-state index in [0.29, 0.717) is 12.0 Å². The molecule has 1 aliphatic carbocycles. The van der Waals surface area contributed by atoms with Crippen LogP contribution in [0, 0.1) is 11.8 Å². The molecule has 3 atom stereocenters. The molecule has 1 rings (SSSR count). The summed E-state index contributed by atoms with van der Waals surface area (Å²) in [6.07, 6.45) is 6.59. The van der Waals surface area contributed by atoms with Gasteiger partial charge >= 0.3 is 126 Å². The van der Waals surface area contributed by atoms with Crippen molar-refractivity contribution in [1.29, 1.82) is 0 Å². The van der Waals surface area contributed by atoms with E-state index in [0.717, 1.165) is 15.4 Å². The Hall–Kier alpha value is 1.98. The Morgan fingerprint density at radius 1 is 1.29 bits per heavy atom. The zero-order chi connectivity index (χ0) is 12.9. The molecule has 0 amide bonds. The van der Waals surface area contributed by atoms with Gasteiger partial charge in [0.05, 0.1) is 0 Å². The third kappa shape index (κ3) is 7.36. The molecule has 0 bridgehead atoms. The summed E-state index contributed by atoms with van der Waals surface area (Å²) in [4.78, 5) is 0. The first kappa shape index (κ1) is 17.0. The van der Waals surface area contributed by atoms with Crippen LogP contribution in [0.5, 0.6) is 0 Å². The van der Waals surface area contributed by atoms with E-state index in [2.05, 4.69) is 6.92 Å². The van der Waals surface area contributed by atoms with Gasteiger partial charge < -0.3 is 0 Å². The van der Waals surface area contributed by atoms with Crippen molar-refractivity contribution in [3.05, 3.63) is 0 Å². The van der Waals surface area contributed by atoms with Crippen LogP contribution in [0.1, 0.15) is 39.0 Å². The molecule has 0 heterocycles. The fraction of sp³-hybridized carbons (Fsp3) is 1.00. The molecule has 1 aliphatic rings. The summed E-state index contributed by atoms with van der Waals surface area (Å²) < 4.78 is 0.787. The maximum atomic E-state index is 6.07. The standard InChI is InChI=1S/C11H22NS.3ClH.Sn/c1-9(12)11-6-4-3-5-10(11)7-8-13-2;;;;/h9-11H,2-8,12H2,1H3;3*1H;/q;;;;+3/p-3. The molecule has 2 N–H and O–H groups in total. The quantitative estimate of drug-likeness (QED) is 0.503. The summed E-state index contributed by atoms with van der Waals surface area (Å²) in [6.45, 7) is 2.15. The van der Waals surface area contributed by atoms with Gasteiger partial charge in [0.15, 0.2) is 0 Å². The van der Waals surface area contributed by atoms with Crippen LogP contribution in [-0.4, -0.2) is 30.6 Å². The molecule has 102 valence electrons. The molecule has 0 aromatic heterocycles. The fourth-order valence-electron chi connectivity index (χ4n) is 2.71. The minimum atomic E-state index is -3.10. The average Bonchev–Trinajstić information content (AvgIpc) is 2.23. The van der Waals surface area contributed by atoms with Gasteiger partial charge in [0.2, 0.25) is 0 Å². The van der Waals surface area contributed by atoms with E-state index in [9.17, 15) is 0 Å². The van der Waals surface area contributed by atoms with E-state index < -0.39 is 15.0 Å². The summed E-state index contributed by atoms with van der Waals surface area (Å²) in [5.41, 5.74) is 6.07. The van der Waals surface area contributed by atoms with Crippen molar-refractivity contribution in [2.24, 2.45) is 17.6 Å². The van der Waals surface area contributed by atoms with Crippen molar-refractivity contribution >= 4 is 53.5 Å². The van der Waals surface area contributed by atoms with E-state index in [-0.39, 0.29) is 0 Å². The Labute approximate surface area is 125 Å². The van der Waals surface area contributed by atoms with Crippen LogP contribution in [-0.2, 0) is 0 Å². The summed E-state index contributed by atoms with van der Waals surface area (Å²) in [5, 5.41) is 0. The topological polar surface area (TPSA) is 26.0 Å². The van der Waals surface area contributed by atoms with Crippen molar-refractivity contribution in [2.75, 3.05) is 9.52 Å². The molecule has 1 fully saturated rings. The van der Waals surface area contributed by atoms with Crippen molar-refractivity contribution < 1.29 is 0 Å². The number of thioether (sulfide) groups is 1. The van der Waals surface area contributed by atoms with Gasteiger partial charge in [0, 0.05) is 0 Å². The molecule has 6 heteroatoms. The summed E-state index contributed by atoms with van der Waals surface area (Å²) >= 11 is -1.28. The molecule has 0 radical (unpaired) electrons. The Morgan fingerprint density at radius 3 is 2.53 bits per heavy atom. The molecule has 0 aromatic carbocycles. The van der Waals surface area contributed by atoms with Crippen LogP contribution < -0.4 is 5.73 Å². The maximum absolute atomic E-state index is 6.07. The normalized spacial score (nSPS) is 28.1. The van der Waals surface area contributed by atoms with Crippen LogP contribution >= 0.6 is 38.5 Å². The van der Waals surface area contributed by atoms with E-state index in [4.69, 9.17) is 32.5 Å². The van der Waals surface area contributed by atoms with Crippen LogP contribution in [0.2, 0.25) is 0 Å². The number of rotatable bonds is 6. The van der Waals surface area contributed by atoms with Gasteiger partial charge in [0.25, 0.3) is 0 Å². The van der Waals surface area contributed by atoms with Crippen LogP contribution in [0.25, 0.3) is 0 Å². The molecular formula is C11H22Cl3NSSn. The molecule has 0 aliphatic heterocycles. The fourth-order valence-corrected chi connectivity index (χ4v) is 11.4. The van der Waals surface area contributed by atoms with E-state index >= 15 is 0 Å². The molecule has 1 saturated carbocycles. The van der Waals surface area contributed by atoms with Gasteiger partial charge in [-0.1, -0.05) is 0 Å². The summed E-state index contributed by atoms with van der Waals surface area (Å²) in [5.74, 6) is 2.63. The Bertz CT molecular complexity index is 223. The SMILES string of the molecule is CC(N)C1CCCCC1CCS[CH2][Sn]([Cl])([Cl])[Cl]. The Kier molecular flexibility index (Phi) is 8.32. The second kappa shape index (κ2) is 8.31. The van der Waals surface area contributed by atoms with Gasteiger partial charge in [0.1, 0.15) is 0 Å². The molecule has 17 heavy (non-hydrogen) atoms. The molecular weight excluding hydrogens is 403 g/mol. The third-order valence-electron chi connectivity index (χ3n) is 3.54. The van der Waals surface area contributed by atoms with Gasteiger partial charge in [-0.05, 0) is 0 Å². The molecule has 1 nitrogen and oxygen atoms in total. The number of hydrogen-bond donors (Lipinski definition) is 1. The van der Waals surface area contributed by atoms with Crippen molar-refractivity contribution in [2.45, 2.75) is 45.1 Å². The van der Waals surface area contributed by atoms with Gasteiger partial charge in [-0.25, -0.2) is 0 Å². The zero-order valence-corrected chi connectivity index (χ0v) is 16.2. The molecule has 0 spiro atoms. The monoisotopic (exact) mass is 425 g/mol. The van der Waals surface area contributed by atoms with E-state index in [1.807, 2.05) is 11.8 Å². The summed E-state index contributed by atoms with van der Waals surface area (Å²) in [6, 6.07) is 0.331. The van der Waals surface area contributed by atoms with Crippen LogP contribution in [0.4, 0.5) is 0 Å². The third-order valence-corrected chi connectivity index (χ3v) is 15.7. The Morgan fingerprint density at radius 2 is 1.94 bits per heavy atom. The van der Waals surface area contributed by atoms with E-state index in [1.165, 1.54) is 32.1 Å². The summed E-state index contributed by atoms with van der Waals surface area (Å²) in [7, 11) is 17.8. The Balaban J connectivity index is 2.24. The van der Waals surface area contributed by atoms with Crippen molar-refractivity contribution in [1.82, 2.24) is 0 Å². The second-order valence-electron chi connectivity index (χ2n) is 5.02. The number of halogens is 3. The number of nitrogens with two attached hydrogens (primary N) is 1. The van der Waals surface area contributed by atoms with Crippen LogP contribution in [0.3, 0.4) is 0 Å². The number of hydrogen-bond acceptors (Lipinski definition) is 2. The molecule has 0 aromatic rings. The first-order valence-electron chi connectivity index (χ1n) is 6.30. The van der Waals surface area contributed by atoms with Crippen molar-refractivity contribution in [3.8, 4) is 0 Å². The van der Waals surface area contributed by atoms with Gasteiger partial charge in [-0.3, -0.25) is 0 Å². The average molecular weight is 425 g/mol. The van der Waals surface area contributed by atoms with Crippen molar-refractivity contribution in [3.63, 3.8) is 0 Å². The predicted octanol–water partition coefficient (Wildman–Crippen LogP) is 4.46. The first-order chi connectivity index (χ1) is 7.90. The van der Waals surface area contributed by atoms with Gasteiger partial charge in [-0.2, -0.15) is 0 Å². The second-order valence-corrected chi connectivity index (χ2v) is 29.0. The van der Waals surface area contributed by atoms with Gasteiger partial charge in [-0.15, -0.1) is 0 Å². The molecule has 0 saturated heterocycles. The zero-order valence-electron chi connectivity index (χ0n) is 10.3. The van der Waals surface area contributed by atoms with Crippen LogP contribution in [0.15, 0.2) is 0 Å². The minimum absolute atomic E-state index is 0.331. The molecule has 3 unspecified atom stereocenters. The predicted molar refractivity (Wildman–Crippen MR) is 84.4 cm³/mol.